The van der Waals surface area contributed by atoms with E-state index in [0.717, 1.165) is 6.42 Å². The van der Waals surface area contributed by atoms with E-state index in [2.05, 4.69) is 24.1 Å². The lowest BCUT2D eigenvalue weighted by Crippen LogP contribution is -2.28. The number of nitrogens with zero attached hydrogens (tertiary/aromatic N) is 2. The highest BCUT2D eigenvalue weighted by atomic mass is 32.2. The number of fused-ring (bicyclic) bond motifs is 1. The van der Waals surface area contributed by atoms with E-state index in [1.807, 2.05) is 30.3 Å². The third-order valence-corrected chi connectivity index (χ3v) is 5.39. The van der Waals surface area contributed by atoms with Gasteiger partial charge < -0.3 is 10.1 Å². The minimum absolute atomic E-state index is 0.0701. The maximum absolute atomic E-state index is 13.2. The summed E-state index contributed by atoms with van der Waals surface area (Å²) in [4.78, 5) is 30.0. The summed E-state index contributed by atoms with van der Waals surface area (Å²) < 4.78 is 6.76. The van der Waals surface area contributed by atoms with Crippen molar-refractivity contribution in [1.29, 1.82) is 0 Å². The molecule has 0 saturated carbocycles. The van der Waals surface area contributed by atoms with E-state index in [-0.39, 0.29) is 17.2 Å². The van der Waals surface area contributed by atoms with E-state index in [4.69, 9.17) is 4.74 Å². The van der Waals surface area contributed by atoms with Crippen LogP contribution in [0.3, 0.4) is 0 Å². The van der Waals surface area contributed by atoms with Gasteiger partial charge in [0.25, 0.3) is 5.56 Å². The van der Waals surface area contributed by atoms with Crippen molar-refractivity contribution in [2.75, 3.05) is 19.4 Å². The zero-order chi connectivity index (χ0) is 20.8. The Balaban J connectivity index is 1.92. The molecule has 0 bridgehead atoms. The van der Waals surface area contributed by atoms with Crippen molar-refractivity contribution in [1.82, 2.24) is 14.9 Å². The predicted molar refractivity (Wildman–Crippen MR) is 117 cm³/mol. The number of aromatic nitrogens is 2. The topological polar surface area (TPSA) is 73.2 Å². The molecule has 1 aromatic heterocycles. The van der Waals surface area contributed by atoms with Crippen LogP contribution in [0, 0.1) is 5.92 Å². The zero-order valence-corrected chi connectivity index (χ0v) is 17.7. The van der Waals surface area contributed by atoms with Crippen molar-refractivity contribution in [2.45, 2.75) is 25.4 Å². The second-order valence-corrected chi connectivity index (χ2v) is 8.01. The van der Waals surface area contributed by atoms with Gasteiger partial charge in [0.1, 0.15) is 5.75 Å². The van der Waals surface area contributed by atoms with Crippen molar-refractivity contribution >= 4 is 28.6 Å². The monoisotopic (exact) mass is 411 g/mol. The number of amides is 1. The molecular formula is C22H25N3O3S. The van der Waals surface area contributed by atoms with Crippen LogP contribution in [0.15, 0.2) is 58.5 Å². The van der Waals surface area contributed by atoms with Gasteiger partial charge in [0, 0.05) is 6.54 Å². The molecule has 0 radical (unpaired) electrons. The third-order valence-electron chi connectivity index (χ3n) is 4.45. The van der Waals surface area contributed by atoms with E-state index in [0.29, 0.717) is 40.0 Å². The standard InChI is InChI=1S/C22H25N3O3S/c1-15(2)12-13-23-20(26)14-29-22-24-19-7-5-4-6-18(19)21(27)25(22)16-8-10-17(28-3)11-9-16/h4-11,15H,12-14H2,1-3H3,(H,23,26). The molecule has 6 nitrogen and oxygen atoms in total. The number of thioether (sulfide) groups is 1. The van der Waals surface area contributed by atoms with Gasteiger partial charge in [0.15, 0.2) is 5.16 Å². The van der Waals surface area contributed by atoms with Gasteiger partial charge in [0.2, 0.25) is 5.91 Å². The largest absolute Gasteiger partial charge is 0.497 e. The molecular weight excluding hydrogens is 386 g/mol. The first-order valence-electron chi connectivity index (χ1n) is 9.55. The summed E-state index contributed by atoms with van der Waals surface area (Å²) in [5.41, 5.74) is 1.13. The van der Waals surface area contributed by atoms with Gasteiger partial charge >= 0.3 is 0 Å². The molecule has 0 saturated heterocycles. The Labute approximate surface area is 174 Å². The molecule has 0 spiro atoms. The number of carbonyl (C=O) groups is 1. The fourth-order valence-electron chi connectivity index (χ4n) is 2.85. The minimum atomic E-state index is -0.163. The highest BCUT2D eigenvalue weighted by molar-refractivity contribution is 7.99. The molecule has 2 aromatic carbocycles. The number of rotatable bonds is 8. The smallest absolute Gasteiger partial charge is 0.266 e. The predicted octanol–water partition coefficient (Wildman–Crippen LogP) is 3.65. The van der Waals surface area contributed by atoms with Gasteiger partial charge in [-0.05, 0) is 48.7 Å². The lowest BCUT2D eigenvalue weighted by Gasteiger charge is -2.14. The quantitative estimate of drug-likeness (QED) is 0.452. The summed E-state index contributed by atoms with van der Waals surface area (Å²) in [6.45, 7) is 4.88. The Morgan fingerprint density at radius 1 is 1.17 bits per heavy atom. The normalized spacial score (nSPS) is 11.0. The summed E-state index contributed by atoms with van der Waals surface area (Å²) in [5.74, 6) is 1.36. The molecule has 152 valence electrons. The number of benzene rings is 2. The maximum atomic E-state index is 13.2. The van der Waals surface area contributed by atoms with E-state index >= 15 is 0 Å². The SMILES string of the molecule is COc1ccc(-n2c(SCC(=O)NCCC(C)C)nc3ccccc3c2=O)cc1. The van der Waals surface area contributed by atoms with Gasteiger partial charge in [0.05, 0.1) is 29.5 Å². The molecule has 29 heavy (non-hydrogen) atoms. The van der Waals surface area contributed by atoms with E-state index in [9.17, 15) is 9.59 Å². The summed E-state index contributed by atoms with van der Waals surface area (Å²) in [7, 11) is 1.60. The van der Waals surface area contributed by atoms with Gasteiger partial charge in [-0.3, -0.25) is 14.2 Å². The van der Waals surface area contributed by atoms with Crippen molar-refractivity contribution in [3.63, 3.8) is 0 Å². The second-order valence-electron chi connectivity index (χ2n) is 7.07. The van der Waals surface area contributed by atoms with Crippen LogP contribution < -0.4 is 15.6 Å². The average Bonchev–Trinajstić information content (AvgIpc) is 2.72. The Bertz CT molecular complexity index is 1050. The van der Waals surface area contributed by atoms with E-state index < -0.39 is 0 Å². The number of methoxy groups -OCH3 is 1. The summed E-state index contributed by atoms with van der Waals surface area (Å²) in [6, 6.07) is 14.4. The molecule has 0 aliphatic rings. The van der Waals surface area contributed by atoms with Crippen LogP contribution in [0.25, 0.3) is 16.6 Å². The van der Waals surface area contributed by atoms with E-state index in [1.165, 1.54) is 11.8 Å². The van der Waals surface area contributed by atoms with Crippen molar-refractivity contribution < 1.29 is 9.53 Å². The molecule has 1 heterocycles. The highest BCUT2D eigenvalue weighted by Crippen LogP contribution is 2.22. The molecule has 0 unspecified atom stereocenters. The zero-order valence-electron chi connectivity index (χ0n) is 16.8. The number of ether oxygens (including phenoxy) is 1. The molecule has 0 aliphatic carbocycles. The minimum Gasteiger partial charge on any atom is -0.497 e. The molecule has 0 atom stereocenters. The first-order chi connectivity index (χ1) is 14.0. The summed E-state index contributed by atoms with van der Waals surface area (Å²) >= 11 is 1.26. The van der Waals surface area contributed by atoms with Gasteiger partial charge in [-0.1, -0.05) is 37.7 Å². The van der Waals surface area contributed by atoms with Crippen molar-refractivity contribution in [2.24, 2.45) is 5.92 Å². The van der Waals surface area contributed by atoms with Crippen molar-refractivity contribution in [3.05, 3.63) is 58.9 Å². The Kier molecular flexibility index (Phi) is 6.93. The third kappa shape index (κ3) is 5.17. The number of nitrogens with one attached hydrogen (secondary N) is 1. The van der Waals surface area contributed by atoms with Crippen LogP contribution in [0.4, 0.5) is 0 Å². The van der Waals surface area contributed by atoms with Crippen molar-refractivity contribution in [3.8, 4) is 11.4 Å². The van der Waals surface area contributed by atoms with Crippen LogP contribution in [-0.2, 0) is 4.79 Å². The van der Waals surface area contributed by atoms with E-state index in [1.54, 1.807) is 29.9 Å². The Morgan fingerprint density at radius 2 is 1.90 bits per heavy atom. The van der Waals surface area contributed by atoms with Crippen LogP contribution in [0.5, 0.6) is 5.75 Å². The highest BCUT2D eigenvalue weighted by Gasteiger charge is 2.15. The van der Waals surface area contributed by atoms with Crippen LogP contribution in [0.2, 0.25) is 0 Å². The molecule has 7 heteroatoms. The molecule has 3 aromatic rings. The molecule has 0 aliphatic heterocycles. The van der Waals surface area contributed by atoms with Gasteiger partial charge in [-0.25, -0.2) is 4.98 Å². The molecule has 0 fully saturated rings. The van der Waals surface area contributed by atoms with Gasteiger partial charge in [-0.2, -0.15) is 0 Å². The Hall–Kier alpha value is -2.80. The van der Waals surface area contributed by atoms with Gasteiger partial charge in [-0.15, -0.1) is 0 Å². The Morgan fingerprint density at radius 3 is 2.59 bits per heavy atom. The first kappa shape index (κ1) is 20.9. The van der Waals surface area contributed by atoms with Crippen LogP contribution in [-0.4, -0.2) is 34.9 Å². The fourth-order valence-corrected chi connectivity index (χ4v) is 3.69. The fraction of sp³-hybridized carbons (Fsp3) is 0.318. The van der Waals surface area contributed by atoms with Crippen LogP contribution >= 0.6 is 11.8 Å². The average molecular weight is 412 g/mol. The second kappa shape index (κ2) is 9.60. The number of para-hydroxylation sites is 1. The number of carbonyl (C=O) groups excluding carboxylic acids is 1. The summed E-state index contributed by atoms with van der Waals surface area (Å²) in [5, 5.41) is 3.94. The maximum Gasteiger partial charge on any atom is 0.266 e. The number of hydrogen-bond donors (Lipinski definition) is 1. The molecule has 1 N–H and O–H groups in total. The first-order valence-corrected chi connectivity index (χ1v) is 10.5. The molecule has 1 amide bonds. The lowest BCUT2D eigenvalue weighted by molar-refractivity contribution is -0.118. The molecule has 3 rings (SSSR count). The summed E-state index contributed by atoms with van der Waals surface area (Å²) in [6.07, 6.45) is 0.932. The lowest BCUT2D eigenvalue weighted by atomic mass is 10.1. The van der Waals surface area contributed by atoms with Crippen LogP contribution in [0.1, 0.15) is 20.3 Å². The number of hydrogen-bond acceptors (Lipinski definition) is 5.